The predicted molar refractivity (Wildman–Crippen MR) is 161 cm³/mol. The number of hydrogen-bond donors (Lipinski definition) is 2. The zero-order chi connectivity index (χ0) is 28.7. The van der Waals surface area contributed by atoms with Crippen LogP contribution in [0.3, 0.4) is 0 Å². The van der Waals surface area contributed by atoms with Crippen LogP contribution in [0.5, 0.6) is 0 Å². The lowest BCUT2D eigenvalue weighted by Crippen LogP contribution is -2.13. The Hall–Kier alpha value is -4.07. The second-order valence-electron chi connectivity index (χ2n) is 8.62. The van der Waals surface area contributed by atoms with Gasteiger partial charge < -0.3 is 19.3 Å². The third kappa shape index (κ3) is 7.28. The van der Waals surface area contributed by atoms with Gasteiger partial charge in [-0.2, -0.15) is 0 Å². The van der Waals surface area contributed by atoms with Crippen molar-refractivity contribution in [2.24, 2.45) is 0 Å². The van der Waals surface area contributed by atoms with Gasteiger partial charge in [-0.05, 0) is 57.2 Å². The van der Waals surface area contributed by atoms with Crippen molar-refractivity contribution in [3.05, 3.63) is 100 Å². The van der Waals surface area contributed by atoms with Crippen molar-refractivity contribution >= 4 is 62.4 Å². The molecule has 2 N–H and O–H groups in total. The van der Waals surface area contributed by atoms with Gasteiger partial charge in [0, 0.05) is 21.2 Å². The molecule has 5 aromatic rings. The van der Waals surface area contributed by atoms with Crippen LogP contribution in [0.2, 0.25) is 5.02 Å². The zero-order valence-corrected chi connectivity index (χ0v) is 24.0. The first-order chi connectivity index (χ1) is 18.6. The number of para-hydroxylation sites is 1. The van der Waals surface area contributed by atoms with E-state index in [1.165, 1.54) is 16.9 Å². The number of fused-ring (bicyclic) bond motifs is 2. The second-order valence-corrected chi connectivity index (χ2v) is 9.94. The van der Waals surface area contributed by atoms with Gasteiger partial charge in [-0.15, -0.1) is 11.3 Å². The van der Waals surface area contributed by atoms with Crippen LogP contribution < -0.4 is 5.32 Å². The molecule has 0 atom stereocenters. The Balaban J connectivity index is 0.000000409. The molecule has 0 saturated carbocycles. The summed E-state index contributed by atoms with van der Waals surface area (Å²) in [5.74, 6) is -1.23. The maximum absolute atomic E-state index is 12.7. The van der Waals surface area contributed by atoms with E-state index in [4.69, 9.17) is 20.4 Å². The number of amides is 1. The Kier molecular flexibility index (Phi) is 9.93. The van der Waals surface area contributed by atoms with Gasteiger partial charge in [-0.25, -0.2) is 4.79 Å². The lowest BCUT2D eigenvalue weighted by Gasteiger charge is -2.03. The van der Waals surface area contributed by atoms with E-state index in [1.54, 1.807) is 41.8 Å². The molecule has 1 amide bonds. The number of anilines is 1. The number of thiophene rings is 1. The van der Waals surface area contributed by atoms with Gasteiger partial charge in [-0.3, -0.25) is 4.79 Å². The number of hydrogen-bond acceptors (Lipinski definition) is 5. The second kappa shape index (κ2) is 13.1. The van der Waals surface area contributed by atoms with Gasteiger partial charge >= 0.3 is 5.97 Å². The van der Waals surface area contributed by atoms with Crippen LogP contribution in [0.1, 0.15) is 55.5 Å². The standard InChI is InChI=1S/C22H12ClNO5S.C7H12.C2H6/c23-13-5-6-16-12(7-13)9-17(28-16)20-19(22(26)27)14(10-30-20)24-21(25)18-8-11-3-1-2-4-15(11)29-18;1-6(2)5-7(3)4;1-2/h1-10H,(H,24,25)(H,26,27);5H,1H2,2-4H3;1-2H3. The molecule has 3 heterocycles. The molecular formula is C31H30ClNO5S. The number of benzene rings is 2. The summed E-state index contributed by atoms with van der Waals surface area (Å²) < 4.78 is 11.4. The average Bonchev–Trinajstić information content (AvgIpc) is 3.60. The monoisotopic (exact) mass is 563 g/mol. The van der Waals surface area contributed by atoms with Gasteiger partial charge in [0.25, 0.3) is 5.91 Å². The highest BCUT2D eigenvalue weighted by atomic mass is 35.5. The van der Waals surface area contributed by atoms with E-state index in [0.29, 0.717) is 26.8 Å². The minimum atomic E-state index is -1.18. The zero-order valence-electron chi connectivity index (χ0n) is 22.4. The molecule has 0 spiro atoms. The summed E-state index contributed by atoms with van der Waals surface area (Å²) in [7, 11) is 0. The Morgan fingerprint density at radius 2 is 1.67 bits per heavy atom. The molecule has 0 aliphatic heterocycles. The molecule has 39 heavy (non-hydrogen) atoms. The first-order valence-corrected chi connectivity index (χ1v) is 13.5. The molecule has 0 aliphatic carbocycles. The molecule has 202 valence electrons. The molecule has 6 nitrogen and oxygen atoms in total. The van der Waals surface area contributed by atoms with Gasteiger partial charge in [0.15, 0.2) is 5.76 Å². The van der Waals surface area contributed by atoms with Crippen molar-refractivity contribution in [2.45, 2.75) is 34.6 Å². The maximum atomic E-state index is 12.7. The molecule has 2 aromatic carbocycles. The summed E-state index contributed by atoms with van der Waals surface area (Å²) in [4.78, 5) is 25.0. The molecule has 8 heteroatoms. The van der Waals surface area contributed by atoms with Crippen molar-refractivity contribution in [1.82, 2.24) is 0 Å². The number of rotatable bonds is 5. The summed E-state index contributed by atoms with van der Waals surface area (Å²) in [6.45, 7) is 13.8. The van der Waals surface area contributed by atoms with E-state index in [0.717, 1.165) is 16.3 Å². The van der Waals surface area contributed by atoms with Crippen LogP contribution in [0.15, 0.2) is 92.6 Å². The fraction of sp³-hybridized carbons (Fsp3) is 0.161. The predicted octanol–water partition coefficient (Wildman–Crippen LogP) is 10.1. The van der Waals surface area contributed by atoms with E-state index in [2.05, 4.69) is 31.8 Å². The molecule has 0 aliphatic rings. The first kappa shape index (κ1) is 29.5. The number of aromatic carboxylic acids is 1. The molecule has 0 bridgehead atoms. The Morgan fingerprint density at radius 1 is 0.974 bits per heavy atom. The summed E-state index contributed by atoms with van der Waals surface area (Å²) in [6.07, 6.45) is 2.06. The first-order valence-electron chi connectivity index (χ1n) is 12.3. The topological polar surface area (TPSA) is 92.7 Å². The molecular weight excluding hydrogens is 534 g/mol. The highest BCUT2D eigenvalue weighted by Gasteiger charge is 2.24. The number of nitrogens with one attached hydrogen (secondary N) is 1. The SMILES string of the molecule is C=C(C)C=C(C)C.CC.O=C(Nc1csc(-c2cc3cc(Cl)ccc3o2)c1C(=O)O)c1cc2ccccc2o1. The average molecular weight is 564 g/mol. The van der Waals surface area contributed by atoms with Crippen LogP contribution in [-0.4, -0.2) is 17.0 Å². The highest BCUT2D eigenvalue weighted by molar-refractivity contribution is 7.14. The van der Waals surface area contributed by atoms with Crippen molar-refractivity contribution in [2.75, 3.05) is 5.32 Å². The number of furan rings is 2. The highest BCUT2D eigenvalue weighted by Crippen LogP contribution is 2.39. The fourth-order valence-corrected chi connectivity index (χ4v) is 4.87. The van der Waals surface area contributed by atoms with Crippen LogP contribution in [0.25, 0.3) is 32.6 Å². The molecule has 0 unspecified atom stereocenters. The number of carbonyl (C=O) groups excluding carboxylic acids is 1. The Bertz CT molecular complexity index is 1630. The molecule has 0 radical (unpaired) electrons. The van der Waals surface area contributed by atoms with Gasteiger partial charge in [-0.1, -0.05) is 67.4 Å². The molecule has 3 aromatic heterocycles. The van der Waals surface area contributed by atoms with Crippen LogP contribution in [0.4, 0.5) is 5.69 Å². The van der Waals surface area contributed by atoms with Gasteiger partial charge in [0.1, 0.15) is 22.5 Å². The number of carboxylic acids is 1. The van der Waals surface area contributed by atoms with Crippen molar-refractivity contribution in [3.63, 3.8) is 0 Å². The Labute approximate surface area is 236 Å². The summed E-state index contributed by atoms with van der Waals surface area (Å²) in [6, 6.07) is 15.7. The quantitative estimate of drug-likeness (QED) is 0.207. The third-order valence-corrected chi connectivity index (χ3v) is 6.37. The number of allylic oxidation sites excluding steroid dienone is 3. The van der Waals surface area contributed by atoms with Crippen LogP contribution >= 0.6 is 22.9 Å². The fourth-order valence-electron chi connectivity index (χ4n) is 3.74. The minimum absolute atomic E-state index is 0.0467. The van der Waals surface area contributed by atoms with Crippen molar-refractivity contribution < 1.29 is 23.5 Å². The largest absolute Gasteiger partial charge is 0.478 e. The third-order valence-electron chi connectivity index (χ3n) is 5.14. The maximum Gasteiger partial charge on any atom is 0.339 e. The lowest BCUT2D eigenvalue weighted by molar-refractivity contribution is 0.0699. The summed E-state index contributed by atoms with van der Waals surface area (Å²) >= 11 is 7.18. The molecule has 0 saturated heterocycles. The normalized spacial score (nSPS) is 10.2. The summed E-state index contributed by atoms with van der Waals surface area (Å²) in [5.41, 5.74) is 3.73. The van der Waals surface area contributed by atoms with Crippen LogP contribution in [-0.2, 0) is 0 Å². The molecule has 0 fully saturated rings. The number of carbonyl (C=O) groups is 2. The van der Waals surface area contributed by atoms with E-state index in [1.807, 2.05) is 39.0 Å². The van der Waals surface area contributed by atoms with E-state index < -0.39 is 11.9 Å². The van der Waals surface area contributed by atoms with E-state index in [-0.39, 0.29) is 17.0 Å². The van der Waals surface area contributed by atoms with Crippen molar-refractivity contribution in [1.29, 1.82) is 0 Å². The van der Waals surface area contributed by atoms with Crippen molar-refractivity contribution in [3.8, 4) is 10.6 Å². The molecule has 5 rings (SSSR count). The smallest absolute Gasteiger partial charge is 0.339 e. The lowest BCUT2D eigenvalue weighted by atomic mass is 10.1. The minimum Gasteiger partial charge on any atom is -0.478 e. The Morgan fingerprint density at radius 3 is 2.28 bits per heavy atom. The van der Waals surface area contributed by atoms with Crippen LogP contribution in [0, 0.1) is 0 Å². The van der Waals surface area contributed by atoms with Gasteiger partial charge in [0.05, 0.1) is 10.6 Å². The number of carboxylic acid groups (broad SMARTS) is 1. The van der Waals surface area contributed by atoms with E-state index >= 15 is 0 Å². The summed E-state index contributed by atoms with van der Waals surface area (Å²) in [5, 5.41) is 16.1. The number of halogens is 1. The van der Waals surface area contributed by atoms with Gasteiger partial charge in [0.2, 0.25) is 0 Å². The van der Waals surface area contributed by atoms with E-state index in [9.17, 15) is 14.7 Å².